The molecule has 1 unspecified atom stereocenters. The van der Waals surface area contributed by atoms with Crippen molar-refractivity contribution in [2.45, 2.75) is 37.6 Å². The molecule has 1 fully saturated rings. The van der Waals surface area contributed by atoms with Gasteiger partial charge in [-0.3, -0.25) is 4.79 Å². The lowest BCUT2D eigenvalue weighted by atomic mass is 9.83. The molecule has 1 saturated heterocycles. The van der Waals surface area contributed by atoms with Crippen molar-refractivity contribution in [1.29, 1.82) is 0 Å². The van der Waals surface area contributed by atoms with Gasteiger partial charge < -0.3 is 10.0 Å². The van der Waals surface area contributed by atoms with Gasteiger partial charge in [0.25, 0.3) is 0 Å². The number of β-amino-alcohol motifs (C(OH)–C–C–N with tert-alkyl or cyclic N) is 1. The highest BCUT2D eigenvalue weighted by molar-refractivity contribution is 9.10. The molecular formula is C10H18BrNO2. The topological polar surface area (TPSA) is 40.5 Å². The molecule has 0 bridgehead atoms. The van der Waals surface area contributed by atoms with Crippen molar-refractivity contribution in [1.82, 2.24) is 4.90 Å². The van der Waals surface area contributed by atoms with E-state index >= 15 is 0 Å². The first kappa shape index (κ1) is 12.0. The molecule has 1 rings (SSSR count). The number of halogens is 1. The quantitative estimate of drug-likeness (QED) is 0.782. The second-order valence-corrected chi connectivity index (χ2v) is 5.43. The van der Waals surface area contributed by atoms with Gasteiger partial charge in [0, 0.05) is 0 Å². The Kier molecular flexibility index (Phi) is 3.58. The summed E-state index contributed by atoms with van der Waals surface area (Å²) < 4.78 is 0. The van der Waals surface area contributed by atoms with Gasteiger partial charge in [0.15, 0.2) is 0 Å². The van der Waals surface area contributed by atoms with Crippen LogP contribution in [0.3, 0.4) is 0 Å². The summed E-state index contributed by atoms with van der Waals surface area (Å²) in [7, 11) is 0. The summed E-state index contributed by atoms with van der Waals surface area (Å²) in [5.74, 6) is 0.305. The molecule has 1 amide bonds. The van der Waals surface area contributed by atoms with Crippen LogP contribution in [0.1, 0.15) is 27.2 Å². The van der Waals surface area contributed by atoms with E-state index in [9.17, 15) is 9.90 Å². The van der Waals surface area contributed by atoms with Crippen LogP contribution in [-0.2, 0) is 4.79 Å². The number of alkyl halides is 1. The number of nitrogens with zero attached hydrogens (tertiary/aromatic N) is 1. The van der Waals surface area contributed by atoms with Crippen LogP contribution in [0.25, 0.3) is 0 Å². The van der Waals surface area contributed by atoms with Gasteiger partial charge in [0.1, 0.15) is 5.60 Å². The maximum Gasteiger partial charge on any atom is 0.236 e. The molecule has 0 aliphatic carbocycles. The first-order valence-corrected chi connectivity index (χ1v) is 5.97. The van der Waals surface area contributed by atoms with Crippen LogP contribution in [0.2, 0.25) is 0 Å². The Morgan fingerprint density at radius 1 is 1.57 bits per heavy atom. The molecule has 0 saturated carbocycles. The van der Waals surface area contributed by atoms with Crippen molar-refractivity contribution in [3.05, 3.63) is 0 Å². The van der Waals surface area contributed by atoms with Crippen LogP contribution >= 0.6 is 15.9 Å². The highest BCUT2D eigenvalue weighted by atomic mass is 79.9. The lowest BCUT2D eigenvalue weighted by Crippen LogP contribution is -2.66. The third kappa shape index (κ3) is 2.11. The monoisotopic (exact) mass is 263 g/mol. The minimum Gasteiger partial charge on any atom is -0.386 e. The van der Waals surface area contributed by atoms with Crippen LogP contribution in [0.5, 0.6) is 0 Å². The van der Waals surface area contributed by atoms with E-state index in [4.69, 9.17) is 0 Å². The first-order chi connectivity index (χ1) is 6.40. The number of carbonyl (C=O) groups excluding carboxylic acids is 1. The highest BCUT2D eigenvalue weighted by Crippen LogP contribution is 2.29. The molecule has 14 heavy (non-hydrogen) atoms. The third-order valence-corrected chi connectivity index (χ3v) is 3.98. The second-order valence-electron chi connectivity index (χ2n) is 4.33. The summed E-state index contributed by atoms with van der Waals surface area (Å²) in [5.41, 5.74) is -0.657. The van der Waals surface area contributed by atoms with Gasteiger partial charge in [-0.1, -0.05) is 36.7 Å². The number of carbonyl (C=O) groups is 1. The average molecular weight is 264 g/mol. The zero-order chi connectivity index (χ0) is 10.9. The van der Waals surface area contributed by atoms with E-state index in [0.29, 0.717) is 13.1 Å². The van der Waals surface area contributed by atoms with Gasteiger partial charge in [-0.2, -0.15) is 0 Å². The Hall–Kier alpha value is -0.0900. The maximum absolute atomic E-state index is 11.6. The zero-order valence-corrected chi connectivity index (χ0v) is 10.5. The lowest BCUT2D eigenvalue weighted by molar-refractivity contribution is -0.163. The number of amides is 1. The molecule has 1 aliphatic heterocycles. The van der Waals surface area contributed by atoms with Crippen molar-refractivity contribution >= 4 is 21.8 Å². The minimum absolute atomic E-state index is 0.0952. The molecule has 3 nitrogen and oxygen atoms in total. The van der Waals surface area contributed by atoms with Crippen LogP contribution in [0.4, 0.5) is 0 Å². The van der Waals surface area contributed by atoms with Gasteiger partial charge in [-0.05, 0) is 12.3 Å². The predicted molar refractivity (Wildman–Crippen MR) is 59.4 cm³/mol. The molecule has 0 aromatic rings. The summed E-state index contributed by atoms with van der Waals surface area (Å²) in [6.45, 7) is 6.88. The van der Waals surface area contributed by atoms with Crippen molar-refractivity contribution in [2.24, 2.45) is 5.92 Å². The fraction of sp³-hybridized carbons (Fsp3) is 0.900. The fourth-order valence-corrected chi connectivity index (χ4v) is 1.80. The Morgan fingerprint density at radius 2 is 2.07 bits per heavy atom. The average Bonchev–Trinajstić information content (AvgIpc) is 2.10. The Morgan fingerprint density at radius 3 is 2.43 bits per heavy atom. The van der Waals surface area contributed by atoms with E-state index in [-0.39, 0.29) is 16.7 Å². The summed E-state index contributed by atoms with van der Waals surface area (Å²) in [6, 6.07) is 0. The van der Waals surface area contributed by atoms with E-state index in [1.807, 2.05) is 20.8 Å². The summed E-state index contributed by atoms with van der Waals surface area (Å²) in [6.07, 6.45) is 0.787. The van der Waals surface area contributed by atoms with Crippen LogP contribution in [0.15, 0.2) is 0 Å². The molecule has 0 aromatic carbocycles. The largest absolute Gasteiger partial charge is 0.386 e. The van der Waals surface area contributed by atoms with Crippen molar-refractivity contribution < 1.29 is 9.90 Å². The Balaban J connectivity index is 2.45. The standard InChI is InChI=1S/C10H18BrNO2/c1-4-8(11)9(13)12-5-10(14,6-12)7(2)3/h7-8,14H,4-6H2,1-3H3. The highest BCUT2D eigenvalue weighted by Gasteiger charge is 2.46. The molecule has 1 heterocycles. The van der Waals surface area contributed by atoms with E-state index in [1.165, 1.54) is 0 Å². The third-order valence-electron chi connectivity index (χ3n) is 2.94. The van der Waals surface area contributed by atoms with E-state index in [1.54, 1.807) is 4.90 Å². The number of aliphatic hydroxyl groups is 1. The van der Waals surface area contributed by atoms with Crippen molar-refractivity contribution in [3.63, 3.8) is 0 Å². The second kappa shape index (κ2) is 4.19. The molecule has 0 aromatic heterocycles. The van der Waals surface area contributed by atoms with E-state index in [0.717, 1.165) is 6.42 Å². The van der Waals surface area contributed by atoms with Gasteiger partial charge in [0.05, 0.1) is 17.9 Å². The first-order valence-electron chi connectivity index (χ1n) is 5.06. The van der Waals surface area contributed by atoms with Gasteiger partial charge >= 0.3 is 0 Å². The number of hydrogen-bond donors (Lipinski definition) is 1. The number of hydrogen-bond acceptors (Lipinski definition) is 2. The van der Waals surface area contributed by atoms with Crippen LogP contribution in [-0.4, -0.2) is 39.4 Å². The molecule has 1 atom stereocenters. The maximum atomic E-state index is 11.6. The predicted octanol–water partition coefficient (Wildman–Crippen LogP) is 1.39. The SMILES string of the molecule is CCC(Br)C(=O)N1CC(O)(C(C)C)C1. The molecule has 4 heteroatoms. The molecule has 1 aliphatic rings. The van der Waals surface area contributed by atoms with E-state index in [2.05, 4.69) is 15.9 Å². The normalized spacial score (nSPS) is 22.0. The zero-order valence-electron chi connectivity index (χ0n) is 8.96. The van der Waals surface area contributed by atoms with Gasteiger partial charge in [-0.15, -0.1) is 0 Å². The lowest BCUT2D eigenvalue weighted by Gasteiger charge is -2.49. The molecule has 1 N–H and O–H groups in total. The van der Waals surface area contributed by atoms with Crippen LogP contribution < -0.4 is 0 Å². The summed E-state index contributed by atoms with van der Waals surface area (Å²) >= 11 is 3.32. The number of likely N-dealkylation sites (tertiary alicyclic amines) is 1. The van der Waals surface area contributed by atoms with Crippen LogP contribution in [0, 0.1) is 5.92 Å². The van der Waals surface area contributed by atoms with Gasteiger partial charge in [0.2, 0.25) is 5.91 Å². The fourth-order valence-electron chi connectivity index (χ4n) is 1.51. The minimum atomic E-state index is -0.657. The number of rotatable bonds is 3. The molecule has 0 radical (unpaired) electrons. The van der Waals surface area contributed by atoms with Crippen molar-refractivity contribution in [2.75, 3.05) is 13.1 Å². The van der Waals surface area contributed by atoms with Gasteiger partial charge in [-0.25, -0.2) is 0 Å². The molecule has 0 spiro atoms. The Labute approximate surface area is 93.6 Å². The van der Waals surface area contributed by atoms with E-state index < -0.39 is 5.60 Å². The smallest absolute Gasteiger partial charge is 0.236 e. The summed E-state index contributed by atoms with van der Waals surface area (Å²) in [4.78, 5) is 13.2. The summed E-state index contributed by atoms with van der Waals surface area (Å²) in [5, 5.41) is 9.95. The Bertz CT molecular complexity index is 224. The molecule has 82 valence electrons. The molecular weight excluding hydrogens is 246 g/mol. The van der Waals surface area contributed by atoms with Crippen molar-refractivity contribution in [3.8, 4) is 0 Å².